The molecule has 2 aromatic rings. The molecule has 2 heterocycles. The van der Waals surface area contributed by atoms with Crippen LogP contribution in [0.4, 0.5) is 5.95 Å². The van der Waals surface area contributed by atoms with E-state index in [1.54, 1.807) is 6.20 Å². The average Bonchev–Trinajstić information content (AvgIpc) is 2.38. The fourth-order valence-electron chi connectivity index (χ4n) is 1.70. The molecule has 0 atom stereocenters. The average molecular weight is 243 g/mol. The summed E-state index contributed by atoms with van der Waals surface area (Å²) in [5.74, 6) is 1.72. The Kier molecular flexibility index (Phi) is 3.50. The van der Waals surface area contributed by atoms with E-state index in [0.29, 0.717) is 11.6 Å². The predicted octanol–water partition coefficient (Wildman–Crippen LogP) is 2.20. The lowest BCUT2D eigenvalue weighted by molar-refractivity contribution is 0.765. The number of aromatic nitrogens is 4. The first-order valence-corrected chi connectivity index (χ1v) is 6.07. The third-order valence-electron chi connectivity index (χ3n) is 2.67. The maximum atomic E-state index is 5.74. The van der Waals surface area contributed by atoms with Crippen LogP contribution in [0.2, 0.25) is 0 Å². The van der Waals surface area contributed by atoms with Gasteiger partial charge in [-0.2, -0.15) is 9.97 Å². The summed E-state index contributed by atoms with van der Waals surface area (Å²) in [5, 5.41) is 0. The first kappa shape index (κ1) is 12.4. The number of aryl methyl sites for hydroxylation is 1. The largest absolute Gasteiger partial charge is 0.368 e. The van der Waals surface area contributed by atoms with Gasteiger partial charge in [0.25, 0.3) is 0 Å². The van der Waals surface area contributed by atoms with Gasteiger partial charge in [-0.3, -0.25) is 4.98 Å². The van der Waals surface area contributed by atoms with E-state index < -0.39 is 0 Å². The Morgan fingerprint density at radius 3 is 2.67 bits per heavy atom. The molecule has 5 heteroatoms. The molecule has 2 aromatic heterocycles. The highest BCUT2D eigenvalue weighted by molar-refractivity contribution is 5.55. The highest BCUT2D eigenvalue weighted by Crippen LogP contribution is 2.20. The molecular weight excluding hydrogens is 226 g/mol. The van der Waals surface area contributed by atoms with Gasteiger partial charge in [-0.15, -0.1) is 0 Å². The minimum absolute atomic E-state index is 0.211. The monoisotopic (exact) mass is 243 g/mol. The number of nitrogens with zero attached hydrogens (tertiary/aromatic N) is 4. The van der Waals surface area contributed by atoms with E-state index in [9.17, 15) is 0 Å². The van der Waals surface area contributed by atoms with Gasteiger partial charge in [0.1, 0.15) is 11.5 Å². The van der Waals surface area contributed by atoms with E-state index >= 15 is 0 Å². The third kappa shape index (κ3) is 2.45. The van der Waals surface area contributed by atoms with Crippen LogP contribution in [-0.4, -0.2) is 19.9 Å². The number of hydrogen-bond donors (Lipinski definition) is 1. The minimum Gasteiger partial charge on any atom is -0.368 e. The molecule has 0 aliphatic heterocycles. The fourth-order valence-corrected chi connectivity index (χ4v) is 1.70. The third-order valence-corrected chi connectivity index (χ3v) is 2.67. The maximum Gasteiger partial charge on any atom is 0.223 e. The summed E-state index contributed by atoms with van der Waals surface area (Å²) in [6.07, 6.45) is 2.62. The highest BCUT2D eigenvalue weighted by Gasteiger charge is 2.12. The van der Waals surface area contributed by atoms with E-state index in [2.05, 4.69) is 26.9 Å². The lowest BCUT2D eigenvalue weighted by Gasteiger charge is -2.09. The van der Waals surface area contributed by atoms with Crippen molar-refractivity contribution >= 4 is 5.95 Å². The van der Waals surface area contributed by atoms with Crippen LogP contribution in [-0.2, 0) is 6.42 Å². The van der Waals surface area contributed by atoms with Gasteiger partial charge in [0.05, 0.1) is 0 Å². The summed E-state index contributed by atoms with van der Waals surface area (Å²) in [5.41, 5.74) is 7.63. The standard InChI is InChI=1S/C13H17N5/c1-4-9-6-5-7-15-10(9)12-16-11(8(2)3)17-13(14)18-12/h5-8H,4H2,1-3H3,(H2,14,16,17,18). The van der Waals surface area contributed by atoms with Gasteiger partial charge in [-0.05, 0) is 18.1 Å². The van der Waals surface area contributed by atoms with E-state index in [1.165, 1.54) is 0 Å². The van der Waals surface area contributed by atoms with Crippen LogP contribution in [0.1, 0.15) is 38.1 Å². The molecule has 94 valence electrons. The van der Waals surface area contributed by atoms with Crippen molar-refractivity contribution in [1.29, 1.82) is 0 Å². The van der Waals surface area contributed by atoms with Gasteiger partial charge in [-0.1, -0.05) is 26.8 Å². The first-order valence-electron chi connectivity index (χ1n) is 6.07. The fraction of sp³-hybridized carbons (Fsp3) is 0.385. The van der Waals surface area contributed by atoms with Crippen molar-refractivity contribution in [3.8, 4) is 11.5 Å². The molecule has 0 bridgehead atoms. The molecule has 0 aromatic carbocycles. The first-order chi connectivity index (χ1) is 8.61. The molecule has 0 saturated carbocycles. The van der Waals surface area contributed by atoms with Crippen LogP contribution in [0.3, 0.4) is 0 Å². The molecule has 0 spiro atoms. The van der Waals surface area contributed by atoms with E-state index in [0.717, 1.165) is 17.7 Å². The maximum absolute atomic E-state index is 5.74. The zero-order valence-electron chi connectivity index (χ0n) is 10.9. The molecule has 5 nitrogen and oxygen atoms in total. The molecule has 0 aliphatic rings. The van der Waals surface area contributed by atoms with Crippen molar-refractivity contribution in [2.45, 2.75) is 33.1 Å². The Morgan fingerprint density at radius 2 is 2.00 bits per heavy atom. The Hall–Kier alpha value is -2.04. The summed E-state index contributed by atoms with van der Waals surface area (Å²) in [7, 11) is 0. The van der Waals surface area contributed by atoms with Crippen molar-refractivity contribution in [1.82, 2.24) is 19.9 Å². The van der Waals surface area contributed by atoms with Crippen LogP contribution in [0.25, 0.3) is 11.5 Å². The molecule has 0 amide bonds. The predicted molar refractivity (Wildman–Crippen MR) is 70.9 cm³/mol. The summed E-state index contributed by atoms with van der Waals surface area (Å²) in [6, 6.07) is 3.94. The van der Waals surface area contributed by atoms with Crippen molar-refractivity contribution in [3.05, 3.63) is 29.7 Å². The summed E-state index contributed by atoms with van der Waals surface area (Å²) in [4.78, 5) is 17.1. The second kappa shape index (κ2) is 5.08. The molecule has 0 radical (unpaired) electrons. The Bertz CT molecular complexity index is 551. The molecule has 18 heavy (non-hydrogen) atoms. The second-order valence-corrected chi connectivity index (χ2v) is 4.39. The van der Waals surface area contributed by atoms with Crippen LogP contribution >= 0.6 is 0 Å². The molecule has 0 aliphatic carbocycles. The van der Waals surface area contributed by atoms with E-state index in [4.69, 9.17) is 5.73 Å². The van der Waals surface area contributed by atoms with Crippen LogP contribution in [0.15, 0.2) is 18.3 Å². The molecular formula is C13H17N5. The molecule has 0 unspecified atom stereocenters. The van der Waals surface area contributed by atoms with Crippen LogP contribution in [0, 0.1) is 0 Å². The van der Waals surface area contributed by atoms with Crippen molar-refractivity contribution in [2.24, 2.45) is 0 Å². The normalized spacial score (nSPS) is 10.9. The van der Waals surface area contributed by atoms with Gasteiger partial charge >= 0.3 is 0 Å². The van der Waals surface area contributed by atoms with Gasteiger partial charge in [0, 0.05) is 12.1 Å². The Labute approximate surface area is 107 Å². The zero-order chi connectivity index (χ0) is 13.1. The van der Waals surface area contributed by atoms with Gasteiger partial charge in [0.2, 0.25) is 5.95 Å². The number of nitrogens with two attached hydrogens (primary N) is 1. The van der Waals surface area contributed by atoms with Crippen LogP contribution in [0.5, 0.6) is 0 Å². The van der Waals surface area contributed by atoms with Gasteiger partial charge < -0.3 is 5.73 Å². The number of rotatable bonds is 3. The Balaban J connectivity index is 2.56. The quantitative estimate of drug-likeness (QED) is 0.894. The minimum atomic E-state index is 0.211. The Morgan fingerprint density at radius 1 is 1.22 bits per heavy atom. The summed E-state index contributed by atoms with van der Waals surface area (Å²) < 4.78 is 0. The highest BCUT2D eigenvalue weighted by atomic mass is 15.1. The molecule has 2 N–H and O–H groups in total. The summed E-state index contributed by atoms with van der Waals surface area (Å²) in [6.45, 7) is 6.13. The molecule has 0 fully saturated rings. The molecule has 2 rings (SSSR count). The number of pyridine rings is 1. The number of anilines is 1. The SMILES string of the molecule is CCc1cccnc1-c1nc(N)nc(C(C)C)n1. The molecule has 0 saturated heterocycles. The lowest BCUT2D eigenvalue weighted by Crippen LogP contribution is -2.07. The van der Waals surface area contributed by atoms with E-state index in [-0.39, 0.29) is 11.9 Å². The topological polar surface area (TPSA) is 77.6 Å². The lowest BCUT2D eigenvalue weighted by atomic mass is 10.1. The smallest absolute Gasteiger partial charge is 0.223 e. The van der Waals surface area contributed by atoms with Gasteiger partial charge in [0.15, 0.2) is 5.82 Å². The van der Waals surface area contributed by atoms with Crippen molar-refractivity contribution < 1.29 is 0 Å². The summed E-state index contributed by atoms with van der Waals surface area (Å²) >= 11 is 0. The van der Waals surface area contributed by atoms with Gasteiger partial charge in [-0.25, -0.2) is 4.98 Å². The second-order valence-electron chi connectivity index (χ2n) is 4.39. The zero-order valence-corrected chi connectivity index (χ0v) is 10.9. The number of nitrogen functional groups attached to an aromatic ring is 1. The van der Waals surface area contributed by atoms with Crippen molar-refractivity contribution in [2.75, 3.05) is 5.73 Å². The number of hydrogen-bond acceptors (Lipinski definition) is 5. The van der Waals surface area contributed by atoms with Crippen LogP contribution < -0.4 is 5.73 Å². The van der Waals surface area contributed by atoms with Crippen molar-refractivity contribution in [3.63, 3.8) is 0 Å². The van der Waals surface area contributed by atoms with E-state index in [1.807, 2.05) is 26.0 Å².